The topological polar surface area (TPSA) is 49.3 Å². The molecule has 0 aliphatic rings. The molecule has 242 valence electrons. The summed E-state index contributed by atoms with van der Waals surface area (Å²) in [5.41, 5.74) is 8.88. The van der Waals surface area contributed by atoms with Crippen LogP contribution in [0.1, 0.15) is 98.1 Å². The van der Waals surface area contributed by atoms with Crippen LogP contribution in [0.5, 0.6) is 0 Å². The Balaban J connectivity index is 1.53. The Bertz CT molecular complexity index is 1700. The van der Waals surface area contributed by atoms with E-state index in [2.05, 4.69) is 84.1 Å². The second-order valence-corrected chi connectivity index (χ2v) is 13.1. The number of halogens is 3. The number of alkyl halides is 3. The molecule has 46 heavy (non-hydrogen) atoms. The average molecular weight is 628 g/mol. The Labute approximate surface area is 271 Å². The lowest BCUT2D eigenvalue weighted by Gasteiger charge is -2.30. The van der Waals surface area contributed by atoms with Crippen molar-refractivity contribution in [3.05, 3.63) is 136 Å². The lowest BCUT2D eigenvalue weighted by atomic mass is 9.79. The van der Waals surface area contributed by atoms with E-state index in [1.807, 2.05) is 24.3 Å². The maximum Gasteiger partial charge on any atom is 0.416 e. The minimum absolute atomic E-state index is 0.258. The molecule has 2 N–H and O–H groups in total. The normalized spacial score (nSPS) is 13.3. The van der Waals surface area contributed by atoms with E-state index in [0.29, 0.717) is 23.6 Å². The maximum absolute atomic E-state index is 13.0. The van der Waals surface area contributed by atoms with Crippen LogP contribution in [-0.2, 0) is 24.7 Å². The van der Waals surface area contributed by atoms with Crippen LogP contribution in [0.4, 0.5) is 13.2 Å². The molecule has 0 aliphatic carbocycles. The van der Waals surface area contributed by atoms with Crippen LogP contribution < -0.4 is 5.32 Å². The Kier molecular flexibility index (Phi) is 10.6. The molecule has 4 aromatic rings. The summed E-state index contributed by atoms with van der Waals surface area (Å²) in [6.45, 7) is 15.6. The third-order valence-electron chi connectivity index (χ3n) is 9.27. The zero-order valence-corrected chi connectivity index (χ0v) is 27.7. The lowest BCUT2D eigenvalue weighted by Crippen LogP contribution is -2.36. The van der Waals surface area contributed by atoms with Crippen molar-refractivity contribution in [1.29, 1.82) is 0 Å². The monoisotopic (exact) mass is 627 g/mol. The number of hydrogen-bond donors (Lipinski definition) is 2. The van der Waals surface area contributed by atoms with E-state index in [0.717, 1.165) is 35.2 Å². The first kappa shape index (κ1) is 34.7. The molecular formula is C40H44F3NO2. The molecular weight excluding hydrogens is 583 g/mol. The summed E-state index contributed by atoms with van der Waals surface area (Å²) in [4.78, 5) is 11.7. The number of nitrogens with one attached hydrogen (secondary N) is 1. The molecule has 0 fully saturated rings. The van der Waals surface area contributed by atoms with Crippen molar-refractivity contribution < 1.29 is 23.1 Å². The zero-order chi connectivity index (χ0) is 33.8. The maximum atomic E-state index is 13.0. The number of hydrogen-bond acceptors (Lipinski definition) is 2. The van der Waals surface area contributed by atoms with Crippen molar-refractivity contribution in [2.75, 3.05) is 0 Å². The quantitative estimate of drug-likeness (QED) is 0.174. The van der Waals surface area contributed by atoms with Crippen molar-refractivity contribution in [2.24, 2.45) is 5.92 Å². The van der Waals surface area contributed by atoms with E-state index in [1.165, 1.54) is 40.0 Å². The molecule has 0 bridgehead atoms. The molecule has 0 spiro atoms. The summed E-state index contributed by atoms with van der Waals surface area (Å²) in [6, 6.07) is 27.2. The standard InChI is InChI=1S/C40H44F3NO2/c1-25(2)27(4)37-23-33(39(6,7)44-24-30-14-18-32(19-15-30)40(41,42)43)20-21-34(37)28(5)26(3)22-29-12-16-31(17-13-29)35-10-8-9-11-36(35)38(45)46/h8-21,23,26,28,44H,22,24H2,1-7H3,(H,45,46). The fraction of sp³-hybridized carbons (Fsp3) is 0.325. The van der Waals surface area contributed by atoms with Crippen LogP contribution in [0.2, 0.25) is 0 Å². The summed E-state index contributed by atoms with van der Waals surface area (Å²) < 4.78 is 39.0. The summed E-state index contributed by atoms with van der Waals surface area (Å²) >= 11 is 0. The molecule has 0 saturated heterocycles. The van der Waals surface area contributed by atoms with E-state index >= 15 is 0 Å². The third kappa shape index (κ3) is 8.16. The third-order valence-corrected chi connectivity index (χ3v) is 9.27. The largest absolute Gasteiger partial charge is 0.478 e. The summed E-state index contributed by atoms with van der Waals surface area (Å²) in [5.74, 6) is -0.347. The summed E-state index contributed by atoms with van der Waals surface area (Å²) in [7, 11) is 0. The number of aromatic carboxylic acids is 1. The molecule has 2 atom stereocenters. The summed E-state index contributed by atoms with van der Waals surface area (Å²) in [6.07, 6.45) is -3.47. The minimum atomic E-state index is -4.35. The Morgan fingerprint density at radius 1 is 0.783 bits per heavy atom. The van der Waals surface area contributed by atoms with Gasteiger partial charge in [-0.2, -0.15) is 13.2 Å². The summed E-state index contributed by atoms with van der Waals surface area (Å²) in [5, 5.41) is 13.1. The predicted octanol–water partition coefficient (Wildman–Crippen LogP) is 10.9. The number of carboxylic acid groups (broad SMARTS) is 1. The van der Waals surface area contributed by atoms with Crippen molar-refractivity contribution >= 4 is 11.5 Å². The van der Waals surface area contributed by atoms with Gasteiger partial charge >= 0.3 is 12.1 Å². The van der Waals surface area contributed by atoms with E-state index in [9.17, 15) is 23.1 Å². The van der Waals surface area contributed by atoms with Crippen molar-refractivity contribution in [2.45, 2.75) is 79.1 Å². The smallest absolute Gasteiger partial charge is 0.416 e. The van der Waals surface area contributed by atoms with Gasteiger partial charge in [0.2, 0.25) is 0 Å². The molecule has 4 rings (SSSR count). The molecule has 2 unspecified atom stereocenters. The van der Waals surface area contributed by atoms with E-state index in [-0.39, 0.29) is 5.92 Å². The molecule has 0 heterocycles. The van der Waals surface area contributed by atoms with Gasteiger partial charge in [0, 0.05) is 12.1 Å². The predicted molar refractivity (Wildman–Crippen MR) is 182 cm³/mol. The highest BCUT2D eigenvalue weighted by Gasteiger charge is 2.30. The highest BCUT2D eigenvalue weighted by atomic mass is 19.4. The molecule has 0 amide bonds. The molecule has 0 aliphatic heterocycles. The van der Waals surface area contributed by atoms with Gasteiger partial charge in [-0.1, -0.05) is 86.2 Å². The number of benzene rings is 4. The van der Waals surface area contributed by atoms with Crippen molar-refractivity contribution in [1.82, 2.24) is 5.32 Å². The van der Waals surface area contributed by atoms with Crippen molar-refractivity contribution in [3.63, 3.8) is 0 Å². The van der Waals surface area contributed by atoms with Crippen LogP contribution >= 0.6 is 0 Å². The van der Waals surface area contributed by atoms with E-state index < -0.39 is 23.2 Å². The van der Waals surface area contributed by atoms with Gasteiger partial charge in [-0.05, 0) is 122 Å². The number of carboxylic acids is 1. The second kappa shape index (κ2) is 14.1. The Morgan fingerprint density at radius 2 is 1.37 bits per heavy atom. The first-order valence-corrected chi connectivity index (χ1v) is 15.7. The van der Waals surface area contributed by atoms with Gasteiger partial charge in [-0.25, -0.2) is 4.79 Å². The number of carbonyl (C=O) groups is 1. The first-order valence-electron chi connectivity index (χ1n) is 15.7. The highest BCUT2D eigenvalue weighted by molar-refractivity contribution is 5.96. The van der Waals surface area contributed by atoms with Crippen molar-refractivity contribution in [3.8, 4) is 11.1 Å². The van der Waals surface area contributed by atoms with Crippen LogP contribution in [-0.4, -0.2) is 11.1 Å². The first-order chi connectivity index (χ1) is 21.6. The van der Waals surface area contributed by atoms with Gasteiger partial charge in [0.15, 0.2) is 0 Å². The van der Waals surface area contributed by atoms with Crippen LogP contribution in [0.3, 0.4) is 0 Å². The number of rotatable bonds is 11. The fourth-order valence-corrected chi connectivity index (χ4v) is 5.77. The molecule has 4 aromatic carbocycles. The van der Waals surface area contributed by atoms with Gasteiger partial charge in [-0.3, -0.25) is 0 Å². The fourth-order valence-electron chi connectivity index (χ4n) is 5.77. The lowest BCUT2D eigenvalue weighted by molar-refractivity contribution is -0.137. The van der Waals surface area contributed by atoms with Gasteiger partial charge in [0.05, 0.1) is 11.1 Å². The Morgan fingerprint density at radius 3 is 1.96 bits per heavy atom. The Hall–Kier alpha value is -4.16. The zero-order valence-electron chi connectivity index (χ0n) is 27.7. The second-order valence-electron chi connectivity index (χ2n) is 13.1. The van der Waals surface area contributed by atoms with Gasteiger partial charge in [-0.15, -0.1) is 0 Å². The highest BCUT2D eigenvalue weighted by Crippen LogP contribution is 2.37. The van der Waals surface area contributed by atoms with Crippen LogP contribution in [0.15, 0.2) is 96.6 Å². The van der Waals surface area contributed by atoms with Gasteiger partial charge in [0.1, 0.15) is 0 Å². The molecule has 6 heteroatoms. The van der Waals surface area contributed by atoms with Crippen LogP contribution in [0.25, 0.3) is 16.7 Å². The van der Waals surface area contributed by atoms with Gasteiger partial charge in [0.25, 0.3) is 0 Å². The van der Waals surface area contributed by atoms with Gasteiger partial charge < -0.3 is 10.4 Å². The molecule has 0 aromatic heterocycles. The van der Waals surface area contributed by atoms with E-state index in [4.69, 9.17) is 0 Å². The van der Waals surface area contributed by atoms with Crippen LogP contribution in [0, 0.1) is 5.92 Å². The molecule has 3 nitrogen and oxygen atoms in total. The molecule has 0 saturated carbocycles. The molecule has 0 radical (unpaired) electrons. The SMILES string of the molecule is CC(C)=C(C)c1cc(C(C)(C)NCc2ccc(C(F)(F)F)cc2)ccc1C(C)C(C)Cc1ccc(-c2ccccc2C(=O)O)cc1. The average Bonchev–Trinajstić information content (AvgIpc) is 3.02. The minimum Gasteiger partial charge on any atom is -0.478 e. The number of allylic oxidation sites excluding steroid dienone is 2. The van der Waals surface area contributed by atoms with E-state index in [1.54, 1.807) is 12.1 Å².